The number of carbonyl (C=O) groups excluding carboxylic acids is 1. The summed E-state index contributed by atoms with van der Waals surface area (Å²) in [5.74, 6) is -1.26. The van der Waals surface area contributed by atoms with E-state index in [9.17, 15) is 13.6 Å². The Morgan fingerprint density at radius 3 is 2.62 bits per heavy atom. The number of urea groups is 1. The van der Waals surface area contributed by atoms with E-state index < -0.39 is 17.7 Å². The summed E-state index contributed by atoms with van der Waals surface area (Å²) in [4.78, 5) is 16.5. The number of hydrogen-bond donors (Lipinski definition) is 1. The molecule has 2 aliphatic heterocycles. The largest absolute Gasteiger partial charge is 0.326 e. The van der Waals surface area contributed by atoms with Gasteiger partial charge in [-0.05, 0) is 30.0 Å². The van der Waals surface area contributed by atoms with Crippen LogP contribution in [0, 0.1) is 11.6 Å². The molecule has 2 aromatic carbocycles. The fourth-order valence-corrected chi connectivity index (χ4v) is 3.97. The molecule has 2 N–H and O–H groups in total. The van der Waals surface area contributed by atoms with Gasteiger partial charge in [-0.1, -0.05) is 30.3 Å². The molecule has 26 heavy (non-hydrogen) atoms. The molecule has 0 saturated carbocycles. The Bertz CT molecular complexity index is 842. The third kappa shape index (κ3) is 2.94. The maximum absolute atomic E-state index is 14.6. The summed E-state index contributed by atoms with van der Waals surface area (Å²) in [6.07, 6.45) is 1.48. The second kappa shape index (κ2) is 6.68. The molecule has 4 rings (SSSR count). The van der Waals surface area contributed by atoms with Crippen molar-refractivity contribution in [2.75, 3.05) is 19.6 Å². The summed E-state index contributed by atoms with van der Waals surface area (Å²) in [5, 5.41) is 0. The first-order valence-electron chi connectivity index (χ1n) is 8.88. The van der Waals surface area contributed by atoms with Crippen molar-refractivity contribution in [3.05, 3.63) is 70.8 Å². The third-order valence-corrected chi connectivity index (χ3v) is 5.28. The van der Waals surface area contributed by atoms with Gasteiger partial charge < -0.3 is 15.5 Å². The average Bonchev–Trinajstić information content (AvgIpc) is 3.07. The van der Waals surface area contributed by atoms with Crippen molar-refractivity contribution in [3.63, 3.8) is 0 Å². The molecule has 1 saturated heterocycles. The van der Waals surface area contributed by atoms with Crippen molar-refractivity contribution in [2.45, 2.75) is 24.9 Å². The lowest BCUT2D eigenvalue weighted by atomic mass is 9.88. The van der Waals surface area contributed by atoms with E-state index in [0.717, 1.165) is 23.6 Å². The average molecular weight is 357 g/mol. The first-order chi connectivity index (χ1) is 12.5. The number of carbonyl (C=O) groups is 1. The van der Waals surface area contributed by atoms with Crippen LogP contribution < -0.4 is 5.73 Å². The number of rotatable bonds is 1. The van der Waals surface area contributed by atoms with Crippen LogP contribution in [-0.2, 0) is 6.42 Å². The second-order valence-corrected chi connectivity index (χ2v) is 6.99. The highest BCUT2D eigenvalue weighted by atomic mass is 19.1. The molecular formula is C20H21F2N3O. The third-order valence-electron chi connectivity index (χ3n) is 5.28. The van der Waals surface area contributed by atoms with Gasteiger partial charge in [0.2, 0.25) is 0 Å². The van der Waals surface area contributed by atoms with Crippen LogP contribution in [0.25, 0.3) is 0 Å². The number of nitrogens with zero attached hydrogens (tertiary/aromatic N) is 2. The molecule has 2 amide bonds. The van der Waals surface area contributed by atoms with E-state index in [-0.39, 0.29) is 12.1 Å². The predicted molar refractivity (Wildman–Crippen MR) is 94.6 cm³/mol. The van der Waals surface area contributed by atoms with Crippen molar-refractivity contribution in [3.8, 4) is 0 Å². The van der Waals surface area contributed by atoms with Gasteiger partial charge in [0.1, 0.15) is 11.6 Å². The fraction of sp³-hybridized carbons (Fsp3) is 0.350. The van der Waals surface area contributed by atoms with Gasteiger partial charge in [0.05, 0.1) is 6.04 Å². The smallest absolute Gasteiger partial charge is 0.320 e. The molecule has 2 atom stereocenters. The summed E-state index contributed by atoms with van der Waals surface area (Å²) in [6.45, 7) is 1.61. The molecule has 0 radical (unpaired) electrons. The van der Waals surface area contributed by atoms with Crippen LogP contribution in [0.4, 0.5) is 13.6 Å². The first-order valence-corrected chi connectivity index (χ1v) is 8.88. The first kappa shape index (κ1) is 17.0. The van der Waals surface area contributed by atoms with Gasteiger partial charge >= 0.3 is 6.03 Å². The Morgan fingerprint density at radius 2 is 1.88 bits per heavy atom. The van der Waals surface area contributed by atoms with Crippen LogP contribution in [0.5, 0.6) is 0 Å². The molecule has 0 spiro atoms. The molecule has 0 aromatic heterocycles. The lowest BCUT2D eigenvalue weighted by Gasteiger charge is -2.39. The number of nitrogens with two attached hydrogens (primary N) is 1. The number of likely N-dealkylation sites (tertiary alicyclic amines) is 1. The zero-order valence-corrected chi connectivity index (χ0v) is 14.4. The van der Waals surface area contributed by atoms with Crippen molar-refractivity contribution >= 4 is 6.03 Å². The highest BCUT2D eigenvalue weighted by Crippen LogP contribution is 2.37. The van der Waals surface area contributed by atoms with Gasteiger partial charge in [0.15, 0.2) is 0 Å². The number of halogens is 2. The lowest BCUT2D eigenvalue weighted by molar-refractivity contribution is 0.145. The summed E-state index contributed by atoms with van der Waals surface area (Å²) in [7, 11) is 0. The molecule has 0 aliphatic carbocycles. The number of fused-ring (bicyclic) bond motifs is 1. The Morgan fingerprint density at radius 1 is 1.08 bits per heavy atom. The summed E-state index contributed by atoms with van der Waals surface area (Å²) in [6, 6.07) is 10.6. The summed E-state index contributed by atoms with van der Waals surface area (Å²) in [5.41, 5.74) is 8.23. The van der Waals surface area contributed by atoms with Crippen LogP contribution in [0.15, 0.2) is 42.5 Å². The van der Waals surface area contributed by atoms with Crippen LogP contribution in [-0.4, -0.2) is 41.5 Å². The van der Waals surface area contributed by atoms with Crippen molar-refractivity contribution in [1.82, 2.24) is 9.80 Å². The molecule has 1 fully saturated rings. The predicted octanol–water partition coefficient (Wildman–Crippen LogP) is 3.07. The molecule has 6 heteroatoms. The van der Waals surface area contributed by atoms with E-state index in [0.29, 0.717) is 31.6 Å². The molecule has 4 nitrogen and oxygen atoms in total. The molecule has 0 bridgehead atoms. The SMILES string of the molecule is N[C@@H]1CCN(C(=O)N2CCc3ccccc3[C@@H]2c2ccc(F)cc2F)C1. The second-order valence-electron chi connectivity index (χ2n) is 6.99. The highest BCUT2D eigenvalue weighted by molar-refractivity contribution is 5.76. The minimum absolute atomic E-state index is 0.0166. The monoisotopic (exact) mass is 357 g/mol. The van der Waals surface area contributed by atoms with Crippen LogP contribution >= 0.6 is 0 Å². The Balaban J connectivity index is 1.77. The van der Waals surface area contributed by atoms with E-state index in [1.165, 1.54) is 12.1 Å². The molecule has 2 heterocycles. The molecule has 2 aromatic rings. The number of amides is 2. The van der Waals surface area contributed by atoms with E-state index in [1.807, 2.05) is 24.3 Å². The van der Waals surface area contributed by atoms with E-state index in [4.69, 9.17) is 5.73 Å². The fourth-order valence-electron chi connectivity index (χ4n) is 3.97. The Kier molecular flexibility index (Phi) is 4.36. The van der Waals surface area contributed by atoms with Crippen molar-refractivity contribution < 1.29 is 13.6 Å². The van der Waals surface area contributed by atoms with Crippen LogP contribution in [0.1, 0.15) is 29.2 Å². The lowest BCUT2D eigenvalue weighted by Crippen LogP contribution is -2.48. The zero-order chi connectivity index (χ0) is 18.3. The van der Waals surface area contributed by atoms with Gasteiger partial charge in [-0.15, -0.1) is 0 Å². The Hall–Kier alpha value is -2.47. The van der Waals surface area contributed by atoms with E-state index in [1.54, 1.807) is 9.80 Å². The van der Waals surface area contributed by atoms with Gasteiger partial charge in [-0.2, -0.15) is 0 Å². The van der Waals surface area contributed by atoms with Gasteiger partial charge in [0, 0.05) is 37.3 Å². The topological polar surface area (TPSA) is 49.6 Å². The maximum Gasteiger partial charge on any atom is 0.320 e. The Labute approximate surface area is 151 Å². The zero-order valence-electron chi connectivity index (χ0n) is 14.4. The molecule has 136 valence electrons. The van der Waals surface area contributed by atoms with Crippen molar-refractivity contribution in [1.29, 1.82) is 0 Å². The van der Waals surface area contributed by atoms with E-state index in [2.05, 4.69) is 0 Å². The maximum atomic E-state index is 14.6. The minimum Gasteiger partial charge on any atom is -0.326 e. The quantitative estimate of drug-likeness (QED) is 0.853. The van der Waals surface area contributed by atoms with Gasteiger partial charge in [0.25, 0.3) is 0 Å². The summed E-state index contributed by atoms with van der Waals surface area (Å²) >= 11 is 0. The molecule has 0 unspecified atom stereocenters. The standard InChI is InChI=1S/C20H21F2N3O/c21-14-5-6-17(18(22)11-14)19-16-4-2-1-3-13(16)7-10-25(19)20(26)24-9-8-15(23)12-24/h1-6,11,15,19H,7-10,12,23H2/t15-,19-/m1/s1. The molecule has 2 aliphatic rings. The van der Waals surface area contributed by atoms with Gasteiger partial charge in [-0.25, -0.2) is 13.6 Å². The van der Waals surface area contributed by atoms with Crippen LogP contribution in [0.3, 0.4) is 0 Å². The summed E-state index contributed by atoms with van der Waals surface area (Å²) < 4.78 is 28.0. The molecular weight excluding hydrogens is 336 g/mol. The number of hydrogen-bond acceptors (Lipinski definition) is 2. The van der Waals surface area contributed by atoms with Crippen molar-refractivity contribution in [2.24, 2.45) is 5.73 Å². The van der Waals surface area contributed by atoms with Crippen LogP contribution in [0.2, 0.25) is 0 Å². The normalized spacial score (nSPS) is 22.4. The highest BCUT2D eigenvalue weighted by Gasteiger charge is 2.37. The van der Waals surface area contributed by atoms with Gasteiger partial charge in [-0.3, -0.25) is 0 Å². The minimum atomic E-state index is -0.636. The number of benzene rings is 2. The van der Waals surface area contributed by atoms with E-state index >= 15 is 0 Å².